The molecule has 0 aliphatic carbocycles. The quantitative estimate of drug-likeness (QED) is 0.340. The second kappa shape index (κ2) is 9.33. The van der Waals surface area contributed by atoms with Gasteiger partial charge in [-0.25, -0.2) is 0 Å². The van der Waals surface area contributed by atoms with Crippen LogP contribution in [0, 0.1) is 0 Å². The van der Waals surface area contributed by atoms with Crippen LogP contribution in [0.3, 0.4) is 0 Å². The van der Waals surface area contributed by atoms with Crippen molar-refractivity contribution in [2.24, 2.45) is 0 Å². The molecular weight excluding hydrogens is 324 g/mol. The zero-order chi connectivity index (χ0) is 17.3. The first-order chi connectivity index (χ1) is 12.4. The summed E-state index contributed by atoms with van der Waals surface area (Å²) in [5.41, 5.74) is 0. The second-order valence-corrected chi connectivity index (χ2v) is 7.99. The van der Waals surface area contributed by atoms with Crippen LogP contribution >= 0.6 is 0 Å². The van der Waals surface area contributed by atoms with Gasteiger partial charge < -0.3 is 4.74 Å². The van der Waals surface area contributed by atoms with Crippen LogP contribution in [0.1, 0.15) is 26.2 Å². The number of hydrogen-bond acceptors (Lipinski definition) is 1. The smallest absolute Gasteiger partial charge is 0.166 e. The minimum Gasteiger partial charge on any atom is -0.494 e. The van der Waals surface area contributed by atoms with E-state index < -0.39 is 0 Å². The summed E-state index contributed by atoms with van der Waals surface area (Å²) in [6.45, 7) is 3.01. The van der Waals surface area contributed by atoms with Crippen LogP contribution in [0.4, 0.5) is 0 Å². The van der Waals surface area contributed by atoms with E-state index in [-0.39, 0.29) is 10.9 Å². The van der Waals surface area contributed by atoms with Gasteiger partial charge in [-0.05, 0) is 55.0 Å². The first-order valence-corrected chi connectivity index (χ1v) is 10.2. The van der Waals surface area contributed by atoms with E-state index in [0.29, 0.717) is 0 Å². The molecule has 0 aromatic heterocycles. The average molecular weight is 350 g/mol. The molecule has 0 unspecified atom stereocenters. The van der Waals surface area contributed by atoms with E-state index in [4.69, 9.17) is 4.74 Å². The van der Waals surface area contributed by atoms with Crippen LogP contribution in [0.15, 0.2) is 99.6 Å². The maximum Gasteiger partial charge on any atom is 0.166 e. The van der Waals surface area contributed by atoms with Crippen LogP contribution < -0.4 is 4.74 Å². The number of rotatable bonds is 8. The Labute approximate surface area is 154 Å². The summed E-state index contributed by atoms with van der Waals surface area (Å²) < 4.78 is 5.86. The molecule has 0 amide bonds. The van der Waals surface area contributed by atoms with Gasteiger partial charge in [0.05, 0.1) is 17.5 Å². The lowest BCUT2D eigenvalue weighted by molar-refractivity contribution is 0.306. The fourth-order valence-electron chi connectivity index (χ4n) is 2.74. The Morgan fingerprint density at radius 1 is 0.640 bits per heavy atom. The number of ether oxygens (including phenoxy) is 1. The molecule has 128 valence electrons. The highest BCUT2D eigenvalue weighted by Crippen LogP contribution is 2.31. The molecule has 3 aromatic carbocycles. The minimum absolute atomic E-state index is 0.0872. The first-order valence-electron chi connectivity index (χ1n) is 8.96. The van der Waals surface area contributed by atoms with Crippen LogP contribution in [0.25, 0.3) is 0 Å². The monoisotopic (exact) mass is 349 g/mol. The zero-order valence-corrected chi connectivity index (χ0v) is 15.5. The van der Waals surface area contributed by atoms with Gasteiger partial charge >= 0.3 is 0 Å². The van der Waals surface area contributed by atoms with Crippen molar-refractivity contribution >= 4 is 10.9 Å². The standard InChI is InChI=1S/C23H25OS/c1-2-3-10-19-24-20-15-17-23(18-16-20)25(21-11-6-4-7-12-21)22-13-8-5-9-14-22/h4-9,11-18H,2-3,10,19H2,1H3/q+1. The van der Waals surface area contributed by atoms with Crippen LogP contribution in [-0.2, 0) is 10.9 Å². The van der Waals surface area contributed by atoms with E-state index in [0.717, 1.165) is 18.8 Å². The van der Waals surface area contributed by atoms with Gasteiger partial charge in [-0.1, -0.05) is 56.2 Å². The van der Waals surface area contributed by atoms with Crippen molar-refractivity contribution < 1.29 is 4.74 Å². The van der Waals surface area contributed by atoms with Gasteiger partial charge in [-0.2, -0.15) is 0 Å². The molecule has 0 bridgehead atoms. The van der Waals surface area contributed by atoms with Crippen LogP contribution in [-0.4, -0.2) is 6.61 Å². The second-order valence-electron chi connectivity index (χ2n) is 5.96. The minimum atomic E-state index is -0.0872. The molecular formula is C23H25OS+. The summed E-state index contributed by atoms with van der Waals surface area (Å²) in [4.78, 5) is 3.99. The van der Waals surface area contributed by atoms with Crippen LogP contribution in [0.5, 0.6) is 5.75 Å². The van der Waals surface area contributed by atoms with Crippen molar-refractivity contribution in [3.05, 3.63) is 84.9 Å². The molecule has 2 heteroatoms. The van der Waals surface area contributed by atoms with E-state index in [2.05, 4.69) is 91.9 Å². The summed E-state index contributed by atoms with van der Waals surface area (Å²) in [7, 11) is -0.0872. The van der Waals surface area contributed by atoms with Gasteiger partial charge in [0, 0.05) is 0 Å². The maximum absolute atomic E-state index is 5.86. The highest BCUT2D eigenvalue weighted by molar-refractivity contribution is 7.97. The van der Waals surface area contributed by atoms with Crippen molar-refractivity contribution in [3.63, 3.8) is 0 Å². The molecule has 0 heterocycles. The van der Waals surface area contributed by atoms with Gasteiger partial charge in [-0.3, -0.25) is 0 Å². The van der Waals surface area contributed by atoms with Gasteiger partial charge in [-0.15, -0.1) is 0 Å². The molecule has 0 atom stereocenters. The number of hydrogen-bond donors (Lipinski definition) is 0. The number of unbranched alkanes of at least 4 members (excludes halogenated alkanes) is 2. The molecule has 0 saturated carbocycles. The highest BCUT2D eigenvalue weighted by Gasteiger charge is 2.28. The normalized spacial score (nSPS) is 10.8. The van der Waals surface area contributed by atoms with Gasteiger partial charge in [0.2, 0.25) is 0 Å². The Hall–Kier alpha value is -2.19. The topological polar surface area (TPSA) is 9.23 Å². The molecule has 0 fully saturated rings. The summed E-state index contributed by atoms with van der Waals surface area (Å²) in [6, 6.07) is 30.1. The van der Waals surface area contributed by atoms with Crippen molar-refractivity contribution in [1.82, 2.24) is 0 Å². The molecule has 0 saturated heterocycles. The lowest BCUT2D eigenvalue weighted by Crippen LogP contribution is -2.04. The third-order valence-corrected chi connectivity index (χ3v) is 6.26. The summed E-state index contributed by atoms with van der Waals surface area (Å²) in [6.07, 6.45) is 3.57. The van der Waals surface area contributed by atoms with Gasteiger partial charge in [0.1, 0.15) is 5.75 Å². The van der Waals surface area contributed by atoms with Crippen molar-refractivity contribution in [2.45, 2.75) is 40.9 Å². The average Bonchev–Trinajstić information content (AvgIpc) is 2.68. The lowest BCUT2D eigenvalue weighted by Gasteiger charge is -2.09. The predicted molar refractivity (Wildman–Crippen MR) is 107 cm³/mol. The maximum atomic E-state index is 5.86. The number of benzene rings is 3. The van der Waals surface area contributed by atoms with E-state index in [1.54, 1.807) is 0 Å². The highest BCUT2D eigenvalue weighted by atomic mass is 32.2. The lowest BCUT2D eigenvalue weighted by atomic mass is 10.3. The molecule has 0 radical (unpaired) electrons. The molecule has 0 spiro atoms. The van der Waals surface area contributed by atoms with Crippen molar-refractivity contribution in [2.75, 3.05) is 6.61 Å². The summed E-state index contributed by atoms with van der Waals surface area (Å²) >= 11 is 0. The Kier molecular flexibility index (Phi) is 6.58. The van der Waals surface area contributed by atoms with Gasteiger partial charge in [0.25, 0.3) is 0 Å². The Morgan fingerprint density at radius 2 is 1.16 bits per heavy atom. The van der Waals surface area contributed by atoms with E-state index in [1.807, 2.05) is 0 Å². The third-order valence-electron chi connectivity index (χ3n) is 4.03. The molecule has 1 nitrogen and oxygen atoms in total. The van der Waals surface area contributed by atoms with Crippen molar-refractivity contribution in [1.29, 1.82) is 0 Å². The Bertz CT molecular complexity index is 699. The first kappa shape index (κ1) is 17.6. The van der Waals surface area contributed by atoms with E-state index >= 15 is 0 Å². The Balaban J connectivity index is 1.82. The third kappa shape index (κ3) is 4.90. The summed E-state index contributed by atoms with van der Waals surface area (Å²) in [5, 5.41) is 0. The van der Waals surface area contributed by atoms with E-state index in [9.17, 15) is 0 Å². The summed E-state index contributed by atoms with van der Waals surface area (Å²) in [5.74, 6) is 0.963. The molecule has 3 aromatic rings. The van der Waals surface area contributed by atoms with Crippen molar-refractivity contribution in [3.8, 4) is 5.75 Å². The fraction of sp³-hybridized carbons (Fsp3) is 0.217. The molecule has 3 rings (SSSR count). The van der Waals surface area contributed by atoms with E-state index in [1.165, 1.54) is 27.5 Å². The zero-order valence-electron chi connectivity index (χ0n) is 14.7. The molecule has 25 heavy (non-hydrogen) atoms. The SMILES string of the molecule is CCCCCOc1ccc([S+](c2ccccc2)c2ccccc2)cc1. The van der Waals surface area contributed by atoms with Crippen LogP contribution in [0.2, 0.25) is 0 Å². The fourth-order valence-corrected chi connectivity index (χ4v) is 4.82. The molecule has 0 aliphatic heterocycles. The van der Waals surface area contributed by atoms with Gasteiger partial charge in [0.15, 0.2) is 14.7 Å². The molecule has 0 aliphatic rings. The molecule has 0 N–H and O–H groups in total. The largest absolute Gasteiger partial charge is 0.494 e. The predicted octanol–water partition coefficient (Wildman–Crippen LogP) is 6.35. The Morgan fingerprint density at radius 3 is 1.68 bits per heavy atom.